The van der Waals surface area contributed by atoms with Gasteiger partial charge in [-0.1, -0.05) is 11.6 Å². The predicted molar refractivity (Wildman–Crippen MR) is 60.8 cm³/mol. The number of rotatable bonds is 2. The Hall–Kier alpha value is -1.26. The Balaban J connectivity index is 2.55. The topological polar surface area (TPSA) is 42.4 Å². The van der Waals surface area contributed by atoms with E-state index in [9.17, 15) is 5.11 Å². The molecule has 0 saturated carbocycles. The Kier molecular flexibility index (Phi) is 2.79. The lowest BCUT2D eigenvalue weighted by molar-refractivity contribution is 0.416. The standard InChI is InChI=1S/C10H8ClNO2S/c1-14-8-3-2-6(11)4-7(8)10-12-9(13)5-15-10/h2-5,13H,1H3. The van der Waals surface area contributed by atoms with Gasteiger partial charge >= 0.3 is 0 Å². The van der Waals surface area contributed by atoms with Crippen LogP contribution in [0.3, 0.4) is 0 Å². The Morgan fingerprint density at radius 1 is 1.47 bits per heavy atom. The molecule has 15 heavy (non-hydrogen) atoms. The Morgan fingerprint density at radius 3 is 2.87 bits per heavy atom. The number of hydrogen-bond acceptors (Lipinski definition) is 4. The third-order valence-electron chi connectivity index (χ3n) is 1.88. The van der Waals surface area contributed by atoms with Crippen molar-refractivity contribution in [3.8, 4) is 22.2 Å². The van der Waals surface area contributed by atoms with Crippen LogP contribution >= 0.6 is 22.9 Å². The van der Waals surface area contributed by atoms with Gasteiger partial charge < -0.3 is 9.84 Å². The molecule has 0 atom stereocenters. The zero-order valence-electron chi connectivity index (χ0n) is 7.90. The molecule has 1 heterocycles. The minimum Gasteiger partial charge on any atom is -0.496 e. The molecule has 5 heteroatoms. The van der Waals surface area contributed by atoms with Crippen LogP contribution in [0, 0.1) is 0 Å². The summed E-state index contributed by atoms with van der Waals surface area (Å²) < 4.78 is 5.19. The van der Waals surface area contributed by atoms with Crippen LogP contribution in [0.2, 0.25) is 5.02 Å². The molecular weight excluding hydrogens is 234 g/mol. The monoisotopic (exact) mass is 241 g/mol. The third-order valence-corrected chi connectivity index (χ3v) is 2.98. The van der Waals surface area contributed by atoms with Crippen molar-refractivity contribution in [3.05, 3.63) is 28.6 Å². The number of aromatic hydroxyl groups is 1. The summed E-state index contributed by atoms with van der Waals surface area (Å²) in [5, 5.41) is 12.0. The molecule has 3 nitrogen and oxygen atoms in total. The molecule has 0 aliphatic rings. The van der Waals surface area contributed by atoms with Crippen LogP contribution in [0.5, 0.6) is 11.6 Å². The first-order chi connectivity index (χ1) is 7.20. The van der Waals surface area contributed by atoms with Crippen LogP contribution in [-0.2, 0) is 0 Å². The van der Waals surface area contributed by atoms with Crippen molar-refractivity contribution in [2.75, 3.05) is 7.11 Å². The summed E-state index contributed by atoms with van der Waals surface area (Å²) >= 11 is 7.23. The minimum atomic E-state index is 0.0111. The fraction of sp³-hybridized carbons (Fsp3) is 0.100. The zero-order valence-corrected chi connectivity index (χ0v) is 9.47. The Morgan fingerprint density at radius 2 is 2.27 bits per heavy atom. The normalized spacial score (nSPS) is 10.3. The SMILES string of the molecule is COc1ccc(Cl)cc1-c1nc(O)cs1. The molecule has 0 bridgehead atoms. The molecule has 78 valence electrons. The van der Waals surface area contributed by atoms with Crippen molar-refractivity contribution < 1.29 is 9.84 Å². The van der Waals surface area contributed by atoms with E-state index in [2.05, 4.69) is 4.98 Å². The highest BCUT2D eigenvalue weighted by molar-refractivity contribution is 7.13. The van der Waals surface area contributed by atoms with Gasteiger partial charge in [-0.05, 0) is 18.2 Å². The second-order valence-electron chi connectivity index (χ2n) is 2.86. The molecule has 0 spiro atoms. The molecule has 0 amide bonds. The van der Waals surface area contributed by atoms with Gasteiger partial charge in [0.25, 0.3) is 0 Å². The van der Waals surface area contributed by atoms with Crippen LogP contribution < -0.4 is 4.74 Å². The number of thiazole rings is 1. The molecule has 0 unspecified atom stereocenters. The Labute approximate surface area is 95.9 Å². The molecule has 0 radical (unpaired) electrons. The summed E-state index contributed by atoms with van der Waals surface area (Å²) in [7, 11) is 1.58. The Bertz CT molecular complexity index is 484. The molecule has 2 rings (SSSR count). The van der Waals surface area contributed by atoms with Crippen molar-refractivity contribution >= 4 is 22.9 Å². The zero-order chi connectivity index (χ0) is 10.8. The first-order valence-corrected chi connectivity index (χ1v) is 5.45. The van der Waals surface area contributed by atoms with Gasteiger partial charge in [0.2, 0.25) is 5.88 Å². The van der Waals surface area contributed by atoms with Crippen LogP contribution in [0.15, 0.2) is 23.6 Å². The number of benzene rings is 1. The van der Waals surface area contributed by atoms with E-state index >= 15 is 0 Å². The average molecular weight is 242 g/mol. The number of hydrogen-bond donors (Lipinski definition) is 1. The first-order valence-electron chi connectivity index (χ1n) is 4.19. The maximum atomic E-state index is 9.17. The fourth-order valence-electron chi connectivity index (χ4n) is 1.24. The van der Waals surface area contributed by atoms with Crippen molar-refractivity contribution in [2.24, 2.45) is 0 Å². The predicted octanol–water partition coefficient (Wildman–Crippen LogP) is 3.18. The maximum absolute atomic E-state index is 9.17. The van der Waals surface area contributed by atoms with Crippen molar-refractivity contribution in [1.29, 1.82) is 0 Å². The second kappa shape index (κ2) is 4.08. The van der Waals surface area contributed by atoms with Crippen LogP contribution in [0.1, 0.15) is 0 Å². The molecule has 0 fully saturated rings. The van der Waals surface area contributed by atoms with E-state index in [1.54, 1.807) is 30.7 Å². The largest absolute Gasteiger partial charge is 0.496 e. The first kappa shape index (κ1) is 10.3. The molecule has 1 N–H and O–H groups in total. The lowest BCUT2D eigenvalue weighted by Crippen LogP contribution is -1.87. The van der Waals surface area contributed by atoms with Crippen LogP contribution in [0.25, 0.3) is 10.6 Å². The second-order valence-corrected chi connectivity index (χ2v) is 4.15. The molecular formula is C10H8ClNO2S. The highest BCUT2D eigenvalue weighted by Crippen LogP contribution is 2.35. The summed E-state index contributed by atoms with van der Waals surface area (Å²) in [4.78, 5) is 3.97. The number of aromatic nitrogens is 1. The van der Waals surface area contributed by atoms with Crippen LogP contribution in [-0.4, -0.2) is 17.2 Å². The fourth-order valence-corrected chi connectivity index (χ4v) is 2.11. The van der Waals surface area contributed by atoms with E-state index in [0.717, 1.165) is 5.56 Å². The molecule has 0 aliphatic heterocycles. The van der Waals surface area contributed by atoms with E-state index in [-0.39, 0.29) is 5.88 Å². The quantitative estimate of drug-likeness (QED) is 0.878. The smallest absolute Gasteiger partial charge is 0.222 e. The number of nitrogens with zero attached hydrogens (tertiary/aromatic N) is 1. The number of halogens is 1. The van der Waals surface area contributed by atoms with Crippen molar-refractivity contribution in [3.63, 3.8) is 0 Å². The lowest BCUT2D eigenvalue weighted by Gasteiger charge is -2.05. The van der Waals surface area contributed by atoms with E-state index in [1.165, 1.54) is 11.3 Å². The summed E-state index contributed by atoms with van der Waals surface area (Å²) in [5.41, 5.74) is 0.787. The van der Waals surface area contributed by atoms with E-state index in [1.807, 2.05) is 0 Å². The third kappa shape index (κ3) is 2.06. The van der Waals surface area contributed by atoms with E-state index < -0.39 is 0 Å². The van der Waals surface area contributed by atoms with E-state index in [0.29, 0.717) is 15.8 Å². The number of ether oxygens (including phenoxy) is 1. The summed E-state index contributed by atoms with van der Waals surface area (Å²) in [5.74, 6) is 0.700. The molecule has 1 aromatic heterocycles. The van der Waals surface area contributed by atoms with Gasteiger partial charge in [-0.15, -0.1) is 11.3 Å². The van der Waals surface area contributed by atoms with Crippen molar-refractivity contribution in [2.45, 2.75) is 0 Å². The summed E-state index contributed by atoms with van der Waals surface area (Å²) in [6, 6.07) is 5.28. The van der Waals surface area contributed by atoms with Gasteiger partial charge in [0.1, 0.15) is 10.8 Å². The number of methoxy groups -OCH3 is 1. The van der Waals surface area contributed by atoms with Crippen molar-refractivity contribution in [1.82, 2.24) is 4.98 Å². The van der Waals surface area contributed by atoms with Gasteiger partial charge in [0.15, 0.2) is 0 Å². The molecule has 0 aliphatic carbocycles. The van der Waals surface area contributed by atoms with Gasteiger partial charge in [-0.2, -0.15) is 0 Å². The molecule has 0 saturated heterocycles. The molecule has 1 aromatic carbocycles. The van der Waals surface area contributed by atoms with Crippen LogP contribution in [0.4, 0.5) is 0 Å². The molecule has 2 aromatic rings. The lowest BCUT2D eigenvalue weighted by atomic mass is 10.2. The van der Waals surface area contributed by atoms with Gasteiger partial charge in [-0.3, -0.25) is 0 Å². The van der Waals surface area contributed by atoms with Gasteiger partial charge in [0.05, 0.1) is 18.1 Å². The highest BCUT2D eigenvalue weighted by Gasteiger charge is 2.10. The average Bonchev–Trinajstić information content (AvgIpc) is 2.65. The van der Waals surface area contributed by atoms with E-state index in [4.69, 9.17) is 16.3 Å². The maximum Gasteiger partial charge on any atom is 0.222 e. The highest BCUT2D eigenvalue weighted by atomic mass is 35.5. The minimum absolute atomic E-state index is 0.0111. The summed E-state index contributed by atoms with van der Waals surface area (Å²) in [6.07, 6.45) is 0. The van der Waals surface area contributed by atoms with Gasteiger partial charge in [0, 0.05) is 5.02 Å². The summed E-state index contributed by atoms with van der Waals surface area (Å²) in [6.45, 7) is 0. The van der Waals surface area contributed by atoms with Gasteiger partial charge in [-0.25, -0.2) is 4.98 Å².